The Morgan fingerprint density at radius 1 is 0.962 bits per heavy atom. The predicted octanol–water partition coefficient (Wildman–Crippen LogP) is 5.33. The van der Waals surface area contributed by atoms with Gasteiger partial charge in [-0.1, -0.05) is 36.4 Å². The molecule has 0 radical (unpaired) electrons. The first-order valence-electron chi connectivity index (χ1n) is 7.86. The van der Waals surface area contributed by atoms with Crippen molar-refractivity contribution in [1.82, 2.24) is 4.98 Å². The van der Waals surface area contributed by atoms with Crippen LogP contribution in [0.25, 0.3) is 11.3 Å². The van der Waals surface area contributed by atoms with Crippen molar-refractivity contribution in [3.63, 3.8) is 0 Å². The van der Waals surface area contributed by atoms with E-state index in [-0.39, 0.29) is 0 Å². The molecular weight excluding hydrogens is 341 g/mol. The number of nitrogens with one attached hydrogen (secondary N) is 1. The molecule has 3 nitrogen and oxygen atoms in total. The molecule has 0 spiro atoms. The quantitative estimate of drug-likeness (QED) is 0.689. The van der Waals surface area contributed by atoms with Crippen LogP contribution in [-0.2, 0) is 6.18 Å². The van der Waals surface area contributed by atoms with Crippen LogP contribution >= 0.6 is 0 Å². The fourth-order valence-electron chi connectivity index (χ4n) is 2.56. The van der Waals surface area contributed by atoms with Crippen LogP contribution < -0.4 is 5.32 Å². The summed E-state index contributed by atoms with van der Waals surface area (Å²) < 4.78 is 39.4. The number of aromatic nitrogens is 1. The van der Waals surface area contributed by atoms with Crippen LogP contribution in [0.1, 0.15) is 21.5 Å². The van der Waals surface area contributed by atoms with Crippen LogP contribution in [-0.4, -0.2) is 10.9 Å². The molecule has 1 heterocycles. The molecule has 1 N–H and O–H groups in total. The van der Waals surface area contributed by atoms with Gasteiger partial charge in [0.05, 0.1) is 22.5 Å². The lowest BCUT2D eigenvalue weighted by atomic mass is 10.0. The third kappa shape index (κ3) is 3.74. The molecule has 26 heavy (non-hydrogen) atoms. The molecule has 0 fully saturated rings. The van der Waals surface area contributed by atoms with E-state index in [1.54, 1.807) is 36.5 Å². The van der Waals surface area contributed by atoms with Crippen LogP contribution in [0.15, 0.2) is 66.9 Å². The van der Waals surface area contributed by atoms with Gasteiger partial charge in [0.1, 0.15) is 0 Å². The van der Waals surface area contributed by atoms with Crippen LogP contribution in [0, 0.1) is 6.92 Å². The van der Waals surface area contributed by atoms with E-state index in [9.17, 15) is 18.0 Å². The van der Waals surface area contributed by atoms with Crippen molar-refractivity contribution in [2.75, 3.05) is 5.32 Å². The maximum absolute atomic E-state index is 13.1. The Morgan fingerprint density at radius 2 is 1.65 bits per heavy atom. The number of amides is 1. The maximum atomic E-state index is 13.1. The van der Waals surface area contributed by atoms with Crippen molar-refractivity contribution in [3.05, 3.63) is 83.6 Å². The number of carbonyl (C=O) groups excluding carboxylic acids is 1. The van der Waals surface area contributed by atoms with E-state index in [1.165, 1.54) is 12.1 Å². The van der Waals surface area contributed by atoms with Gasteiger partial charge < -0.3 is 5.32 Å². The Hall–Kier alpha value is -3.15. The summed E-state index contributed by atoms with van der Waals surface area (Å²) in [6, 6.07) is 15.2. The van der Waals surface area contributed by atoms with Crippen molar-refractivity contribution in [2.45, 2.75) is 13.1 Å². The van der Waals surface area contributed by atoms with Crippen LogP contribution in [0.4, 0.5) is 18.9 Å². The summed E-state index contributed by atoms with van der Waals surface area (Å²) in [5.74, 6) is -0.822. The lowest BCUT2D eigenvalue weighted by molar-refractivity contribution is -0.137. The minimum absolute atomic E-state index is 0.394. The highest BCUT2D eigenvalue weighted by atomic mass is 19.4. The molecule has 0 aliphatic rings. The third-order valence-electron chi connectivity index (χ3n) is 3.84. The molecule has 6 heteroatoms. The predicted molar refractivity (Wildman–Crippen MR) is 93.8 cm³/mol. The number of halogens is 3. The Balaban J connectivity index is 1.96. The molecule has 0 bridgehead atoms. The maximum Gasteiger partial charge on any atom is 0.417 e. The summed E-state index contributed by atoms with van der Waals surface area (Å²) in [5.41, 5.74) is 1.23. The molecular formula is C20H15F3N2O. The molecule has 0 aliphatic carbocycles. The monoisotopic (exact) mass is 356 g/mol. The topological polar surface area (TPSA) is 42.0 Å². The number of pyridine rings is 1. The number of carbonyl (C=O) groups is 1. The van der Waals surface area contributed by atoms with Gasteiger partial charge in [-0.15, -0.1) is 0 Å². The summed E-state index contributed by atoms with van der Waals surface area (Å²) in [5, 5.41) is 2.57. The van der Waals surface area contributed by atoms with Crippen molar-refractivity contribution >= 4 is 11.6 Å². The van der Waals surface area contributed by atoms with Crippen molar-refractivity contribution in [1.29, 1.82) is 0 Å². The van der Waals surface area contributed by atoms with Gasteiger partial charge in [-0.2, -0.15) is 13.2 Å². The molecule has 0 unspecified atom stereocenters. The number of nitrogens with zero attached hydrogens (tertiary/aromatic N) is 1. The Labute approximate surface area is 148 Å². The van der Waals surface area contributed by atoms with Crippen molar-refractivity contribution in [3.8, 4) is 11.3 Å². The van der Waals surface area contributed by atoms with E-state index in [0.29, 0.717) is 16.9 Å². The Morgan fingerprint density at radius 3 is 2.35 bits per heavy atom. The smallest absolute Gasteiger partial charge is 0.321 e. The molecule has 1 amide bonds. The third-order valence-corrected chi connectivity index (χ3v) is 3.84. The van der Waals surface area contributed by atoms with E-state index in [0.717, 1.165) is 17.7 Å². The number of aryl methyl sites for hydroxylation is 1. The highest BCUT2D eigenvalue weighted by molar-refractivity contribution is 6.07. The highest BCUT2D eigenvalue weighted by Crippen LogP contribution is 2.33. The number of anilines is 1. The summed E-state index contributed by atoms with van der Waals surface area (Å²) in [4.78, 5) is 16.8. The Kier molecular flexibility index (Phi) is 4.75. The largest absolute Gasteiger partial charge is 0.417 e. The molecule has 0 saturated carbocycles. The van der Waals surface area contributed by atoms with Crippen LogP contribution in [0.2, 0.25) is 0 Å². The molecule has 1 aromatic heterocycles. The van der Waals surface area contributed by atoms with Gasteiger partial charge in [0, 0.05) is 11.8 Å². The average Bonchev–Trinajstić information content (AvgIpc) is 2.62. The molecule has 0 aliphatic heterocycles. The number of hydrogen-bond donors (Lipinski definition) is 1. The van der Waals surface area contributed by atoms with E-state index < -0.39 is 23.2 Å². The average molecular weight is 356 g/mol. The second kappa shape index (κ2) is 7.00. The Bertz CT molecular complexity index is 934. The molecule has 3 aromatic rings. The van der Waals surface area contributed by atoms with Crippen LogP contribution in [0.5, 0.6) is 0 Å². The number of rotatable bonds is 3. The second-order valence-corrected chi connectivity index (χ2v) is 5.76. The molecule has 2 aromatic carbocycles. The standard InChI is InChI=1S/C20H15F3N2O/c1-13-10-11-17(24-12-13)15-7-3-5-9-18(15)25-19(26)14-6-2-4-8-16(14)20(21,22)23/h2-12H,1H3,(H,25,26). The number of alkyl halides is 3. The molecule has 3 rings (SSSR count). The van der Waals surface area contributed by atoms with Gasteiger partial charge in [0.2, 0.25) is 0 Å². The first-order valence-corrected chi connectivity index (χ1v) is 7.86. The molecule has 0 saturated heterocycles. The molecule has 0 atom stereocenters. The second-order valence-electron chi connectivity index (χ2n) is 5.76. The zero-order chi connectivity index (χ0) is 18.7. The molecule has 132 valence electrons. The highest BCUT2D eigenvalue weighted by Gasteiger charge is 2.34. The van der Waals surface area contributed by atoms with E-state index in [1.807, 2.05) is 13.0 Å². The van der Waals surface area contributed by atoms with Gasteiger partial charge in [0.25, 0.3) is 5.91 Å². The van der Waals surface area contributed by atoms with Gasteiger partial charge in [0.15, 0.2) is 0 Å². The van der Waals surface area contributed by atoms with Gasteiger partial charge in [-0.05, 0) is 36.8 Å². The van der Waals surface area contributed by atoms with Crippen molar-refractivity contribution in [2.24, 2.45) is 0 Å². The van der Waals surface area contributed by atoms with Gasteiger partial charge >= 0.3 is 6.18 Å². The minimum atomic E-state index is -4.61. The van der Waals surface area contributed by atoms with E-state index in [2.05, 4.69) is 10.3 Å². The van der Waals surface area contributed by atoms with Crippen molar-refractivity contribution < 1.29 is 18.0 Å². The zero-order valence-electron chi connectivity index (χ0n) is 13.8. The normalized spacial score (nSPS) is 11.2. The summed E-state index contributed by atoms with van der Waals surface area (Å²) in [6.45, 7) is 1.90. The fraction of sp³-hybridized carbons (Fsp3) is 0.100. The zero-order valence-corrected chi connectivity index (χ0v) is 13.8. The fourth-order valence-corrected chi connectivity index (χ4v) is 2.56. The first kappa shape index (κ1) is 17.7. The van der Waals surface area contributed by atoms with E-state index >= 15 is 0 Å². The first-order chi connectivity index (χ1) is 12.4. The minimum Gasteiger partial charge on any atom is -0.321 e. The van der Waals surface area contributed by atoms with Gasteiger partial charge in [-0.3, -0.25) is 9.78 Å². The summed E-state index contributed by atoms with van der Waals surface area (Å²) in [7, 11) is 0. The van der Waals surface area contributed by atoms with E-state index in [4.69, 9.17) is 0 Å². The summed E-state index contributed by atoms with van der Waals surface area (Å²) in [6.07, 6.45) is -2.92. The SMILES string of the molecule is Cc1ccc(-c2ccccc2NC(=O)c2ccccc2C(F)(F)F)nc1. The lowest BCUT2D eigenvalue weighted by Crippen LogP contribution is -2.19. The lowest BCUT2D eigenvalue weighted by Gasteiger charge is -2.14. The van der Waals surface area contributed by atoms with Crippen LogP contribution in [0.3, 0.4) is 0 Å². The number of benzene rings is 2. The summed E-state index contributed by atoms with van der Waals surface area (Å²) >= 11 is 0. The van der Waals surface area contributed by atoms with Gasteiger partial charge in [-0.25, -0.2) is 0 Å². The number of hydrogen-bond acceptors (Lipinski definition) is 2. The number of para-hydroxylation sites is 1.